The molecule has 29 heavy (non-hydrogen) atoms. The number of halogens is 1. The summed E-state index contributed by atoms with van der Waals surface area (Å²) in [5.41, 5.74) is 0.941. The van der Waals surface area contributed by atoms with Crippen molar-refractivity contribution in [3.8, 4) is 0 Å². The summed E-state index contributed by atoms with van der Waals surface area (Å²) in [5.74, 6) is 0. The summed E-state index contributed by atoms with van der Waals surface area (Å²) in [4.78, 5) is 4.52. The Morgan fingerprint density at radius 3 is 2.72 bits per heavy atom. The number of benzene rings is 2. The van der Waals surface area contributed by atoms with Crippen LogP contribution in [0.4, 0.5) is 0 Å². The fourth-order valence-corrected chi connectivity index (χ4v) is 6.17. The Labute approximate surface area is 176 Å². The van der Waals surface area contributed by atoms with Crippen LogP contribution in [0.2, 0.25) is 5.02 Å². The van der Waals surface area contributed by atoms with E-state index in [1.807, 2.05) is 36.4 Å². The number of fused-ring (bicyclic) bond motifs is 1. The summed E-state index contributed by atoms with van der Waals surface area (Å²) < 4.78 is 28.5. The van der Waals surface area contributed by atoms with E-state index in [1.165, 1.54) is 4.31 Å². The maximum atomic E-state index is 13.5. The first-order valence-electron chi connectivity index (χ1n) is 9.63. The second-order valence-corrected chi connectivity index (χ2v) is 10.1. The number of sulfonamides is 1. The highest BCUT2D eigenvalue weighted by Crippen LogP contribution is 2.37. The molecular weight excluding hydrogens is 408 g/mol. The van der Waals surface area contributed by atoms with Gasteiger partial charge in [-0.15, -0.1) is 0 Å². The topological polar surface area (TPSA) is 70.5 Å². The zero-order valence-electron chi connectivity index (χ0n) is 16.0. The lowest BCUT2D eigenvalue weighted by molar-refractivity contribution is 0.0645. The Balaban J connectivity index is 1.67. The minimum absolute atomic E-state index is 0.0840. The minimum Gasteiger partial charge on any atom is -0.396 e. The van der Waals surface area contributed by atoms with Crippen molar-refractivity contribution in [2.24, 2.45) is 5.41 Å². The Morgan fingerprint density at radius 2 is 1.93 bits per heavy atom. The molecule has 152 valence electrons. The smallest absolute Gasteiger partial charge is 0.245 e. The van der Waals surface area contributed by atoms with E-state index in [0.29, 0.717) is 29.9 Å². The van der Waals surface area contributed by atoms with Gasteiger partial charge in [-0.2, -0.15) is 4.31 Å². The van der Waals surface area contributed by atoms with Crippen molar-refractivity contribution in [1.82, 2.24) is 9.29 Å². The van der Waals surface area contributed by atoms with Crippen molar-refractivity contribution < 1.29 is 13.5 Å². The fraction of sp³-hybridized carbons (Fsp3) is 0.318. The quantitative estimate of drug-likeness (QED) is 0.666. The Hall–Kier alpha value is -1.99. The van der Waals surface area contributed by atoms with E-state index in [0.717, 1.165) is 17.4 Å². The van der Waals surface area contributed by atoms with Gasteiger partial charge in [-0.1, -0.05) is 41.9 Å². The van der Waals surface area contributed by atoms with Gasteiger partial charge in [0.05, 0.1) is 12.1 Å². The van der Waals surface area contributed by atoms with Gasteiger partial charge in [0.2, 0.25) is 10.0 Å². The summed E-state index contributed by atoms with van der Waals surface area (Å²) in [6.45, 7) is 0.615. The summed E-state index contributed by atoms with van der Waals surface area (Å²) in [6.07, 6.45) is 3.63. The van der Waals surface area contributed by atoms with Crippen molar-refractivity contribution in [3.05, 3.63) is 71.4 Å². The summed E-state index contributed by atoms with van der Waals surface area (Å²) in [6, 6.07) is 16.4. The number of hydrogen-bond donors (Lipinski definition) is 1. The summed E-state index contributed by atoms with van der Waals surface area (Å²) in [5, 5.41) is 11.7. The molecular formula is C22H23ClN2O3S. The van der Waals surface area contributed by atoms with E-state index < -0.39 is 15.4 Å². The molecule has 5 nitrogen and oxygen atoms in total. The summed E-state index contributed by atoms with van der Waals surface area (Å²) in [7, 11) is -3.74. The van der Waals surface area contributed by atoms with Gasteiger partial charge >= 0.3 is 0 Å². The predicted molar refractivity (Wildman–Crippen MR) is 114 cm³/mol. The molecule has 0 amide bonds. The van der Waals surface area contributed by atoms with Crippen LogP contribution in [-0.2, 0) is 16.4 Å². The predicted octanol–water partition coefficient (Wildman–Crippen LogP) is 3.89. The van der Waals surface area contributed by atoms with Crippen molar-refractivity contribution in [2.45, 2.75) is 24.2 Å². The largest absolute Gasteiger partial charge is 0.396 e. The number of piperidine rings is 1. The molecule has 1 aromatic heterocycles. The van der Waals surface area contributed by atoms with Gasteiger partial charge < -0.3 is 5.11 Å². The molecule has 2 heterocycles. The molecule has 7 heteroatoms. The van der Waals surface area contributed by atoms with E-state index in [9.17, 15) is 13.5 Å². The van der Waals surface area contributed by atoms with Gasteiger partial charge in [0, 0.05) is 35.1 Å². The van der Waals surface area contributed by atoms with Crippen molar-refractivity contribution >= 4 is 32.5 Å². The van der Waals surface area contributed by atoms with Gasteiger partial charge in [0.15, 0.2) is 0 Å². The van der Waals surface area contributed by atoms with Crippen molar-refractivity contribution in [2.75, 3.05) is 19.7 Å². The molecule has 2 aromatic carbocycles. The highest BCUT2D eigenvalue weighted by molar-refractivity contribution is 7.89. The highest BCUT2D eigenvalue weighted by atomic mass is 35.5. The fourth-order valence-electron chi connectivity index (χ4n) is 4.20. The molecule has 1 saturated heterocycles. The normalized spacial score (nSPS) is 20.8. The number of nitrogens with zero attached hydrogens (tertiary/aromatic N) is 2. The zero-order chi connectivity index (χ0) is 20.5. The second kappa shape index (κ2) is 8.03. The van der Waals surface area contributed by atoms with Crippen LogP contribution in [0.25, 0.3) is 10.9 Å². The van der Waals surface area contributed by atoms with Crippen molar-refractivity contribution in [3.63, 3.8) is 0 Å². The molecule has 0 bridgehead atoms. The van der Waals surface area contributed by atoms with Crippen LogP contribution in [0.15, 0.2) is 65.7 Å². The highest BCUT2D eigenvalue weighted by Gasteiger charge is 2.40. The Kier molecular flexibility index (Phi) is 5.62. The van der Waals surface area contributed by atoms with E-state index in [2.05, 4.69) is 4.98 Å². The molecule has 0 aliphatic carbocycles. The minimum atomic E-state index is -3.74. The standard InChI is InChI=1S/C22H23ClN2O3S/c23-19-8-1-5-17(13-19)14-22(16-26)10-4-12-25(15-22)29(27,28)20-9-2-6-18-7-3-11-24-21(18)20/h1-3,5-9,11,13,26H,4,10,12,14-16H2. The van der Waals surface area contributed by atoms with Crippen LogP contribution >= 0.6 is 11.6 Å². The monoisotopic (exact) mass is 430 g/mol. The number of aliphatic hydroxyl groups is 1. The van der Waals surface area contributed by atoms with Crippen molar-refractivity contribution in [1.29, 1.82) is 0 Å². The van der Waals surface area contributed by atoms with E-state index in [1.54, 1.807) is 24.4 Å². The summed E-state index contributed by atoms with van der Waals surface area (Å²) >= 11 is 6.11. The zero-order valence-corrected chi connectivity index (χ0v) is 17.5. The van der Waals surface area contributed by atoms with Gasteiger partial charge in [0.1, 0.15) is 4.90 Å². The van der Waals surface area contributed by atoms with Crippen LogP contribution in [-0.4, -0.2) is 42.5 Å². The molecule has 0 radical (unpaired) electrons. The van der Waals surface area contributed by atoms with E-state index >= 15 is 0 Å². The average Bonchev–Trinajstić information content (AvgIpc) is 2.73. The lowest BCUT2D eigenvalue weighted by Crippen LogP contribution is -2.48. The number of hydrogen-bond acceptors (Lipinski definition) is 4. The van der Waals surface area contributed by atoms with Gasteiger partial charge in [-0.25, -0.2) is 8.42 Å². The number of pyridine rings is 1. The lowest BCUT2D eigenvalue weighted by Gasteiger charge is -2.41. The Morgan fingerprint density at radius 1 is 1.14 bits per heavy atom. The number of aromatic nitrogens is 1. The molecule has 1 atom stereocenters. The lowest BCUT2D eigenvalue weighted by atomic mass is 9.76. The first kappa shape index (κ1) is 20.3. The third-order valence-corrected chi connectivity index (χ3v) is 7.76. The molecule has 1 unspecified atom stereocenters. The number of aliphatic hydroxyl groups excluding tert-OH is 1. The molecule has 0 saturated carbocycles. The van der Waals surface area contributed by atoms with Crippen LogP contribution < -0.4 is 0 Å². The van der Waals surface area contributed by atoms with Crippen LogP contribution in [0.3, 0.4) is 0 Å². The third kappa shape index (κ3) is 4.03. The second-order valence-electron chi connectivity index (χ2n) is 7.74. The van der Waals surface area contributed by atoms with E-state index in [-0.39, 0.29) is 18.0 Å². The first-order chi connectivity index (χ1) is 13.9. The maximum absolute atomic E-state index is 13.5. The van der Waals surface area contributed by atoms with Crippen LogP contribution in [0.5, 0.6) is 0 Å². The molecule has 1 aliphatic heterocycles. The van der Waals surface area contributed by atoms with Gasteiger partial charge in [-0.3, -0.25) is 4.98 Å². The number of para-hydroxylation sites is 1. The molecule has 3 aromatic rings. The molecule has 1 fully saturated rings. The van der Waals surface area contributed by atoms with E-state index in [4.69, 9.17) is 11.6 Å². The van der Waals surface area contributed by atoms with Gasteiger partial charge in [0.25, 0.3) is 0 Å². The molecule has 4 rings (SSSR count). The van der Waals surface area contributed by atoms with Crippen LogP contribution in [0.1, 0.15) is 18.4 Å². The first-order valence-corrected chi connectivity index (χ1v) is 11.4. The molecule has 1 aliphatic rings. The SMILES string of the molecule is O=S(=O)(c1cccc2cccnc12)N1CCCC(CO)(Cc2cccc(Cl)c2)C1. The molecule has 0 spiro atoms. The number of rotatable bonds is 5. The maximum Gasteiger partial charge on any atom is 0.245 e. The molecule has 1 N–H and O–H groups in total. The average molecular weight is 431 g/mol. The van der Waals surface area contributed by atoms with Crippen LogP contribution in [0, 0.1) is 5.41 Å². The third-order valence-electron chi connectivity index (χ3n) is 5.64. The Bertz CT molecular complexity index is 1130. The van der Waals surface area contributed by atoms with Gasteiger partial charge in [-0.05, 0) is 49.1 Å².